The summed E-state index contributed by atoms with van der Waals surface area (Å²) in [5.41, 5.74) is 2.22. The number of hydrogen-bond acceptors (Lipinski definition) is 6. The zero-order valence-corrected chi connectivity index (χ0v) is 14.7. The minimum absolute atomic E-state index is 0.196. The summed E-state index contributed by atoms with van der Waals surface area (Å²) in [7, 11) is 1.98. The highest BCUT2D eigenvalue weighted by atomic mass is 16.5. The van der Waals surface area contributed by atoms with Crippen LogP contribution < -0.4 is 15.5 Å². The van der Waals surface area contributed by atoms with Crippen LogP contribution >= 0.6 is 0 Å². The van der Waals surface area contributed by atoms with Gasteiger partial charge >= 0.3 is 0 Å². The predicted molar refractivity (Wildman–Crippen MR) is 93.7 cm³/mol. The molecular weight excluding hydrogens is 322 g/mol. The molecule has 0 radical (unpaired) electrons. The van der Waals surface area contributed by atoms with Gasteiger partial charge in [-0.25, -0.2) is 0 Å². The van der Waals surface area contributed by atoms with E-state index in [1.165, 1.54) is 11.8 Å². The molecule has 136 valence electrons. The number of aromatic nitrogens is 2. The van der Waals surface area contributed by atoms with Gasteiger partial charge in [0.05, 0.1) is 25.2 Å². The van der Waals surface area contributed by atoms with Crippen LogP contribution in [-0.4, -0.2) is 55.1 Å². The number of rotatable bonds is 7. The van der Waals surface area contributed by atoms with Crippen molar-refractivity contribution in [3.63, 3.8) is 0 Å². The van der Waals surface area contributed by atoms with Gasteiger partial charge in [0.15, 0.2) is 5.76 Å². The second-order valence-corrected chi connectivity index (χ2v) is 6.02. The molecule has 2 aromatic heterocycles. The van der Waals surface area contributed by atoms with Gasteiger partial charge in [-0.05, 0) is 19.1 Å². The van der Waals surface area contributed by atoms with Crippen LogP contribution in [0.3, 0.4) is 0 Å². The fraction of sp³-hybridized carbons (Fsp3) is 0.529. The lowest BCUT2D eigenvalue weighted by Gasteiger charge is -2.29. The number of nitrogens with one attached hydrogen (secondary N) is 2. The monoisotopic (exact) mass is 347 g/mol. The number of hydrogen-bond donors (Lipinski definition) is 2. The fourth-order valence-electron chi connectivity index (χ4n) is 3.04. The van der Waals surface area contributed by atoms with E-state index >= 15 is 0 Å². The first-order valence-corrected chi connectivity index (χ1v) is 8.54. The average Bonchev–Trinajstić information content (AvgIpc) is 3.24. The summed E-state index contributed by atoms with van der Waals surface area (Å²) in [5, 5.41) is 10.8. The Balaban J connectivity index is 1.50. The highest BCUT2D eigenvalue weighted by Crippen LogP contribution is 2.23. The summed E-state index contributed by atoms with van der Waals surface area (Å²) in [6, 6.07) is 3.35. The summed E-state index contributed by atoms with van der Waals surface area (Å²) in [6.45, 7) is 7.19. The minimum atomic E-state index is -0.196. The molecule has 3 heterocycles. The average molecular weight is 347 g/mol. The van der Waals surface area contributed by atoms with Crippen LogP contribution in [0.2, 0.25) is 0 Å². The van der Waals surface area contributed by atoms with Gasteiger partial charge in [-0.3, -0.25) is 9.48 Å². The number of aryl methyl sites for hydroxylation is 2. The van der Waals surface area contributed by atoms with E-state index in [0.717, 1.165) is 37.8 Å². The van der Waals surface area contributed by atoms with Gasteiger partial charge in [-0.1, -0.05) is 0 Å². The number of carbonyl (C=O) groups excluding carboxylic acids is 1. The highest BCUT2D eigenvalue weighted by molar-refractivity contribution is 5.91. The Morgan fingerprint density at radius 1 is 1.32 bits per heavy atom. The topological polar surface area (TPSA) is 84.6 Å². The van der Waals surface area contributed by atoms with E-state index in [1.54, 1.807) is 12.1 Å². The molecule has 0 aliphatic carbocycles. The number of nitrogens with zero attached hydrogens (tertiary/aromatic N) is 3. The Labute approximate surface area is 147 Å². The zero-order valence-electron chi connectivity index (χ0n) is 14.7. The normalized spacial score (nSPS) is 14.7. The largest absolute Gasteiger partial charge is 0.459 e. The van der Waals surface area contributed by atoms with E-state index in [-0.39, 0.29) is 5.91 Å². The smallest absolute Gasteiger partial charge is 0.287 e. The molecule has 2 N–H and O–H groups in total. The third kappa shape index (κ3) is 4.21. The lowest BCUT2D eigenvalue weighted by atomic mass is 10.2. The lowest BCUT2D eigenvalue weighted by Crippen LogP contribution is -2.38. The van der Waals surface area contributed by atoms with Crippen molar-refractivity contribution in [3.8, 4) is 0 Å². The zero-order chi connectivity index (χ0) is 17.6. The Morgan fingerprint density at radius 2 is 2.12 bits per heavy atom. The molecule has 1 fully saturated rings. The van der Waals surface area contributed by atoms with E-state index in [4.69, 9.17) is 9.15 Å². The van der Waals surface area contributed by atoms with Crippen LogP contribution in [0.15, 0.2) is 22.8 Å². The van der Waals surface area contributed by atoms with Gasteiger partial charge in [0.25, 0.3) is 5.91 Å². The number of morpholine rings is 1. The van der Waals surface area contributed by atoms with Crippen molar-refractivity contribution < 1.29 is 13.9 Å². The molecule has 1 aliphatic rings. The van der Waals surface area contributed by atoms with Crippen molar-refractivity contribution in [2.45, 2.75) is 13.5 Å². The van der Waals surface area contributed by atoms with Crippen LogP contribution in [0, 0.1) is 6.92 Å². The van der Waals surface area contributed by atoms with E-state index in [1.807, 2.05) is 18.7 Å². The molecule has 1 aliphatic heterocycles. The molecule has 1 amide bonds. The molecule has 0 saturated carbocycles. The maximum atomic E-state index is 11.8. The van der Waals surface area contributed by atoms with Crippen LogP contribution in [0.25, 0.3) is 0 Å². The van der Waals surface area contributed by atoms with Gasteiger partial charge < -0.3 is 24.7 Å². The summed E-state index contributed by atoms with van der Waals surface area (Å²) in [6.07, 6.45) is 1.49. The Bertz CT molecular complexity index is 689. The van der Waals surface area contributed by atoms with Crippen molar-refractivity contribution in [1.82, 2.24) is 20.4 Å². The van der Waals surface area contributed by atoms with Gasteiger partial charge in [0.2, 0.25) is 0 Å². The van der Waals surface area contributed by atoms with Crippen LogP contribution in [0.1, 0.15) is 21.8 Å². The maximum Gasteiger partial charge on any atom is 0.287 e. The molecule has 0 atom stereocenters. The number of anilines is 1. The molecule has 25 heavy (non-hydrogen) atoms. The van der Waals surface area contributed by atoms with Gasteiger partial charge in [0.1, 0.15) is 5.82 Å². The minimum Gasteiger partial charge on any atom is -0.459 e. The summed E-state index contributed by atoms with van der Waals surface area (Å²) >= 11 is 0. The molecular formula is C17H25N5O3. The first-order chi connectivity index (χ1) is 12.2. The van der Waals surface area contributed by atoms with Crippen molar-refractivity contribution in [2.24, 2.45) is 7.05 Å². The second kappa shape index (κ2) is 8.17. The van der Waals surface area contributed by atoms with Crippen LogP contribution in [0.4, 0.5) is 5.82 Å². The Morgan fingerprint density at radius 3 is 2.84 bits per heavy atom. The van der Waals surface area contributed by atoms with Crippen molar-refractivity contribution in [1.29, 1.82) is 0 Å². The highest BCUT2D eigenvalue weighted by Gasteiger charge is 2.21. The van der Waals surface area contributed by atoms with Gasteiger partial charge in [-0.2, -0.15) is 5.10 Å². The SMILES string of the molecule is Cc1nn(C)c(N2CCOCC2)c1CNCCNC(=O)c1ccco1. The van der Waals surface area contributed by atoms with E-state index in [0.29, 0.717) is 25.4 Å². The van der Waals surface area contributed by atoms with Gasteiger partial charge in [-0.15, -0.1) is 0 Å². The Kier molecular flexibility index (Phi) is 5.72. The maximum absolute atomic E-state index is 11.8. The summed E-state index contributed by atoms with van der Waals surface area (Å²) in [5.74, 6) is 1.28. The molecule has 0 aromatic carbocycles. The van der Waals surface area contributed by atoms with E-state index in [9.17, 15) is 4.79 Å². The van der Waals surface area contributed by atoms with Gasteiger partial charge in [0, 0.05) is 45.3 Å². The third-order valence-electron chi connectivity index (χ3n) is 4.26. The summed E-state index contributed by atoms with van der Waals surface area (Å²) < 4.78 is 12.4. The quantitative estimate of drug-likeness (QED) is 0.717. The number of furan rings is 1. The molecule has 1 saturated heterocycles. The Hall–Kier alpha value is -2.32. The molecule has 0 bridgehead atoms. The van der Waals surface area contributed by atoms with E-state index < -0.39 is 0 Å². The van der Waals surface area contributed by atoms with Crippen LogP contribution in [-0.2, 0) is 18.3 Å². The standard InChI is InChI=1S/C17H25N5O3/c1-13-14(17(21(2)20-13)22-7-10-24-11-8-22)12-18-5-6-19-16(23)15-4-3-9-25-15/h3-4,9,18H,5-8,10-12H2,1-2H3,(H,19,23). The first-order valence-electron chi connectivity index (χ1n) is 8.54. The molecule has 2 aromatic rings. The fourth-order valence-corrected chi connectivity index (χ4v) is 3.04. The van der Waals surface area contributed by atoms with E-state index in [2.05, 4.69) is 20.6 Å². The molecule has 8 nitrogen and oxygen atoms in total. The predicted octanol–water partition coefficient (Wildman–Crippen LogP) is 0.678. The second-order valence-electron chi connectivity index (χ2n) is 6.02. The number of amides is 1. The summed E-state index contributed by atoms with van der Waals surface area (Å²) in [4.78, 5) is 14.1. The lowest BCUT2D eigenvalue weighted by molar-refractivity contribution is 0.0926. The molecule has 0 unspecified atom stereocenters. The molecule has 3 rings (SSSR count). The third-order valence-corrected chi connectivity index (χ3v) is 4.26. The van der Waals surface area contributed by atoms with Crippen molar-refractivity contribution >= 4 is 11.7 Å². The number of ether oxygens (including phenoxy) is 1. The molecule has 0 spiro atoms. The van der Waals surface area contributed by atoms with Crippen molar-refractivity contribution in [2.75, 3.05) is 44.3 Å². The first kappa shape index (κ1) is 17.5. The molecule has 8 heteroatoms. The van der Waals surface area contributed by atoms with Crippen molar-refractivity contribution in [3.05, 3.63) is 35.4 Å². The van der Waals surface area contributed by atoms with Crippen LogP contribution in [0.5, 0.6) is 0 Å². The number of carbonyl (C=O) groups is 1.